The van der Waals surface area contributed by atoms with E-state index < -0.39 is 0 Å². The second-order valence-corrected chi connectivity index (χ2v) is 10.9. The van der Waals surface area contributed by atoms with Crippen molar-refractivity contribution in [2.24, 2.45) is 0 Å². The van der Waals surface area contributed by atoms with E-state index in [1.54, 1.807) is 37.3 Å². The highest BCUT2D eigenvalue weighted by Crippen LogP contribution is 2.39. The number of oxazole rings is 2. The number of benzene rings is 4. The lowest BCUT2D eigenvalue weighted by Gasteiger charge is -2.13. The van der Waals surface area contributed by atoms with Crippen LogP contribution in [0.3, 0.4) is 0 Å². The Morgan fingerprint density at radius 3 is 1.60 bits per heavy atom. The highest BCUT2D eigenvalue weighted by Gasteiger charge is 2.17. The summed E-state index contributed by atoms with van der Waals surface area (Å²) >= 11 is 0. The number of rotatable bonds is 5. The first kappa shape index (κ1) is 25.2. The summed E-state index contributed by atoms with van der Waals surface area (Å²) in [4.78, 5) is 17.6. The van der Waals surface area contributed by atoms with Gasteiger partial charge in [0.05, 0.1) is 40.2 Å². The molecule has 0 aliphatic rings. The third-order valence-electron chi connectivity index (χ3n) is 8.28. The summed E-state index contributed by atoms with van der Waals surface area (Å²) in [6.07, 6.45) is 13.7. The zero-order chi connectivity index (χ0) is 29.7. The summed E-state index contributed by atoms with van der Waals surface area (Å²) in [5.41, 5.74) is 9.05. The molecule has 0 atom stereocenters. The van der Waals surface area contributed by atoms with Gasteiger partial charge in [0.1, 0.15) is 12.5 Å². The Bertz CT molecular complexity index is 2350. The molecule has 45 heavy (non-hydrogen) atoms. The molecule has 0 aliphatic carbocycles. The maximum Gasteiger partial charge on any atom is 0.227 e. The van der Waals surface area contributed by atoms with Crippen molar-refractivity contribution in [3.05, 3.63) is 141 Å². The van der Waals surface area contributed by atoms with Crippen LogP contribution in [0.2, 0.25) is 0 Å². The van der Waals surface area contributed by atoms with E-state index in [1.165, 1.54) is 10.8 Å². The maximum absolute atomic E-state index is 5.55. The van der Waals surface area contributed by atoms with E-state index in [-0.39, 0.29) is 0 Å². The Hall–Kier alpha value is -6.34. The van der Waals surface area contributed by atoms with Gasteiger partial charge in [-0.25, -0.2) is 9.97 Å². The summed E-state index contributed by atoms with van der Waals surface area (Å²) in [5.74, 6) is 1.09. The minimum atomic E-state index is 0.546. The molecule has 0 N–H and O–H groups in total. The van der Waals surface area contributed by atoms with E-state index in [1.807, 2.05) is 12.4 Å². The van der Waals surface area contributed by atoms with Crippen LogP contribution in [0.1, 0.15) is 0 Å². The molecule has 0 fully saturated rings. The van der Waals surface area contributed by atoms with Gasteiger partial charge in [-0.2, -0.15) is 0 Å². The molecule has 0 saturated carbocycles. The van der Waals surface area contributed by atoms with Crippen molar-refractivity contribution in [1.29, 1.82) is 0 Å². The molecule has 0 saturated heterocycles. The molecular formula is C38H23N5O2. The molecule has 0 aliphatic heterocycles. The van der Waals surface area contributed by atoms with Crippen LogP contribution in [0.4, 0.5) is 0 Å². The van der Waals surface area contributed by atoms with Crippen LogP contribution < -0.4 is 0 Å². The monoisotopic (exact) mass is 581 g/mol. The third-order valence-corrected chi connectivity index (χ3v) is 8.28. The second-order valence-electron chi connectivity index (χ2n) is 10.9. The minimum Gasteiger partial charge on any atom is -0.444 e. The molecule has 7 heteroatoms. The summed E-state index contributed by atoms with van der Waals surface area (Å²) in [5, 5.41) is 4.69. The quantitative estimate of drug-likeness (QED) is 0.201. The average molecular weight is 582 g/mol. The van der Waals surface area contributed by atoms with Crippen molar-refractivity contribution in [3.63, 3.8) is 0 Å². The fraction of sp³-hybridized carbons (Fsp3) is 0. The molecule has 0 spiro atoms. The number of hydrogen-bond acceptors (Lipinski definition) is 6. The van der Waals surface area contributed by atoms with E-state index in [4.69, 9.17) is 8.83 Å². The van der Waals surface area contributed by atoms with Crippen molar-refractivity contribution in [2.45, 2.75) is 0 Å². The van der Waals surface area contributed by atoms with Crippen LogP contribution in [0, 0.1) is 0 Å². The largest absolute Gasteiger partial charge is 0.444 e. The van der Waals surface area contributed by atoms with Crippen molar-refractivity contribution in [1.82, 2.24) is 24.5 Å². The van der Waals surface area contributed by atoms with Crippen LogP contribution in [0.5, 0.6) is 0 Å². The molecule has 0 amide bonds. The molecule has 212 valence electrons. The van der Waals surface area contributed by atoms with Gasteiger partial charge >= 0.3 is 0 Å². The number of hydrogen-bond donors (Lipinski definition) is 0. The highest BCUT2D eigenvalue weighted by atomic mass is 16.3. The summed E-state index contributed by atoms with van der Waals surface area (Å²) in [6, 6.07) is 32.3. The molecule has 0 bridgehead atoms. The zero-order valence-electron chi connectivity index (χ0n) is 23.8. The van der Waals surface area contributed by atoms with Crippen molar-refractivity contribution >= 4 is 32.6 Å². The van der Waals surface area contributed by atoms with E-state index in [0.717, 1.165) is 60.9 Å². The Kier molecular flexibility index (Phi) is 5.67. The molecule has 5 aromatic heterocycles. The normalized spacial score (nSPS) is 11.6. The molecular weight excluding hydrogens is 558 g/mol. The predicted octanol–water partition coefficient (Wildman–Crippen LogP) is 9.37. The molecule has 0 radical (unpaired) electrons. The topological polar surface area (TPSA) is 82.8 Å². The maximum atomic E-state index is 5.55. The first-order chi connectivity index (χ1) is 22.3. The average Bonchev–Trinajstić information content (AvgIpc) is 3.89. The van der Waals surface area contributed by atoms with Crippen molar-refractivity contribution in [2.75, 3.05) is 0 Å². The molecule has 4 aromatic carbocycles. The summed E-state index contributed by atoms with van der Waals surface area (Å²) < 4.78 is 13.5. The number of aromatic nitrogens is 5. The fourth-order valence-electron chi connectivity index (χ4n) is 6.20. The lowest BCUT2D eigenvalue weighted by molar-refractivity contribution is 0.574. The predicted molar refractivity (Wildman–Crippen MR) is 176 cm³/mol. The first-order valence-electron chi connectivity index (χ1n) is 14.6. The van der Waals surface area contributed by atoms with Crippen molar-refractivity contribution < 1.29 is 8.83 Å². The van der Waals surface area contributed by atoms with E-state index in [0.29, 0.717) is 11.8 Å². The SMILES string of the molecule is c1ccc2c(-n3c4cc(-c5cncc(-c6ncco6)c5)ccc4c4ccc(-c5cncc(-c6ncco6)c5)cc43)cccc2c1. The highest BCUT2D eigenvalue weighted by molar-refractivity contribution is 6.12. The summed E-state index contributed by atoms with van der Waals surface area (Å²) in [7, 11) is 0. The molecule has 9 aromatic rings. The van der Waals surface area contributed by atoms with Crippen LogP contribution in [-0.4, -0.2) is 24.5 Å². The Morgan fingerprint density at radius 2 is 1.02 bits per heavy atom. The molecule has 5 heterocycles. The Balaban J connectivity index is 1.29. The van der Waals surface area contributed by atoms with Gasteiger partial charge < -0.3 is 13.4 Å². The van der Waals surface area contributed by atoms with Crippen molar-refractivity contribution in [3.8, 4) is 50.8 Å². The smallest absolute Gasteiger partial charge is 0.227 e. The fourth-order valence-corrected chi connectivity index (χ4v) is 6.20. The van der Waals surface area contributed by atoms with Crippen LogP contribution in [-0.2, 0) is 0 Å². The lowest BCUT2D eigenvalue weighted by atomic mass is 10.0. The van der Waals surface area contributed by atoms with Gasteiger partial charge in [-0.1, -0.05) is 60.7 Å². The van der Waals surface area contributed by atoms with E-state index >= 15 is 0 Å². The van der Waals surface area contributed by atoms with Gasteiger partial charge in [-0.15, -0.1) is 0 Å². The summed E-state index contributed by atoms with van der Waals surface area (Å²) in [6.45, 7) is 0. The van der Waals surface area contributed by atoms with Gasteiger partial charge in [-0.3, -0.25) is 9.97 Å². The minimum absolute atomic E-state index is 0.546. The van der Waals surface area contributed by atoms with E-state index in [2.05, 4.69) is 115 Å². The number of nitrogens with zero attached hydrogens (tertiary/aromatic N) is 5. The number of pyridine rings is 2. The van der Waals surface area contributed by atoms with E-state index in [9.17, 15) is 0 Å². The molecule has 7 nitrogen and oxygen atoms in total. The second kappa shape index (κ2) is 10.1. The third kappa shape index (κ3) is 4.21. The lowest BCUT2D eigenvalue weighted by Crippen LogP contribution is -1.96. The van der Waals surface area contributed by atoms with Crippen LogP contribution in [0.15, 0.2) is 150 Å². The standard InChI is InChI=1S/C38H23N5O2/c1-2-6-31-24(4-1)5-3-7-34(31)43-35-18-25(27-16-29(22-39-20-27)37-41-12-14-44-37)8-10-32(35)33-11-9-26(19-36(33)43)28-17-30(23-40-21-28)38-42-13-15-45-38/h1-23H. The van der Waals surface area contributed by atoms with Crippen LogP contribution >= 0.6 is 0 Å². The van der Waals surface area contributed by atoms with Gasteiger partial charge in [-0.05, 0) is 46.8 Å². The Labute approximate surface area is 257 Å². The van der Waals surface area contributed by atoms with Gasteiger partial charge in [0.2, 0.25) is 11.8 Å². The Morgan fingerprint density at radius 1 is 0.467 bits per heavy atom. The van der Waals surface area contributed by atoms with Crippen LogP contribution in [0.25, 0.3) is 83.4 Å². The first-order valence-corrected chi connectivity index (χ1v) is 14.6. The van der Waals surface area contributed by atoms with Gasteiger partial charge in [0.25, 0.3) is 0 Å². The molecule has 9 rings (SSSR count). The van der Waals surface area contributed by atoms with Gasteiger partial charge in [0.15, 0.2) is 0 Å². The zero-order valence-corrected chi connectivity index (χ0v) is 23.8. The molecule has 0 unspecified atom stereocenters. The number of fused-ring (bicyclic) bond motifs is 4. The van der Waals surface area contributed by atoms with Gasteiger partial charge in [0, 0.05) is 52.1 Å².